The fourth-order valence-electron chi connectivity index (χ4n) is 2.16. The van der Waals surface area contributed by atoms with Crippen molar-refractivity contribution in [2.45, 2.75) is 18.3 Å². The lowest BCUT2D eigenvalue weighted by Crippen LogP contribution is -2.48. The number of Topliss-reactive ketones (excluding diaryl/α,β-unsaturated/α-hetero) is 1. The van der Waals surface area contributed by atoms with E-state index >= 15 is 0 Å². The Morgan fingerprint density at radius 2 is 2.31 bits per heavy atom. The fraction of sp³-hybridized carbons (Fsp3) is 0.500. The zero-order chi connectivity index (χ0) is 8.89. The van der Waals surface area contributed by atoms with E-state index in [1.54, 1.807) is 11.3 Å². The van der Waals surface area contributed by atoms with Crippen LogP contribution in [-0.2, 0) is 10.2 Å². The fourth-order valence-corrected chi connectivity index (χ4v) is 3.28. The van der Waals surface area contributed by atoms with Crippen LogP contribution in [0.5, 0.6) is 0 Å². The summed E-state index contributed by atoms with van der Waals surface area (Å²) in [6.07, 6.45) is 1.69. The summed E-state index contributed by atoms with van der Waals surface area (Å²) in [5.41, 5.74) is 1.18. The summed E-state index contributed by atoms with van der Waals surface area (Å²) in [5, 5.41) is 2.02. The first-order chi connectivity index (χ1) is 6.32. The summed E-state index contributed by atoms with van der Waals surface area (Å²) in [6, 6.07) is 1.96. The van der Waals surface area contributed by atoms with Crippen LogP contribution in [0.4, 0.5) is 0 Å². The van der Waals surface area contributed by atoms with Crippen LogP contribution < -0.4 is 0 Å². The molecular formula is C10H10O2S. The smallest absolute Gasteiger partial charge is 0.164 e. The number of rotatable bonds is 0. The molecule has 1 aliphatic carbocycles. The normalized spacial score (nSPS) is 24.2. The van der Waals surface area contributed by atoms with Crippen LogP contribution in [0.25, 0.3) is 0 Å². The van der Waals surface area contributed by atoms with Crippen molar-refractivity contribution in [1.29, 1.82) is 0 Å². The summed E-state index contributed by atoms with van der Waals surface area (Å²) >= 11 is 1.71. The van der Waals surface area contributed by atoms with Gasteiger partial charge in [-0.1, -0.05) is 0 Å². The van der Waals surface area contributed by atoms with Crippen molar-refractivity contribution in [3.05, 3.63) is 21.9 Å². The number of ketones is 1. The van der Waals surface area contributed by atoms with E-state index in [-0.39, 0.29) is 5.41 Å². The van der Waals surface area contributed by atoms with Gasteiger partial charge in [0, 0.05) is 16.9 Å². The average Bonchev–Trinajstić information content (AvgIpc) is 2.51. The highest BCUT2D eigenvalue weighted by Crippen LogP contribution is 2.45. The van der Waals surface area contributed by atoms with Gasteiger partial charge in [0.25, 0.3) is 0 Å². The van der Waals surface area contributed by atoms with Gasteiger partial charge in [0.2, 0.25) is 0 Å². The lowest BCUT2D eigenvalue weighted by molar-refractivity contribution is -0.0643. The van der Waals surface area contributed by atoms with E-state index in [4.69, 9.17) is 4.74 Å². The molecular weight excluding hydrogens is 184 g/mol. The number of carbonyl (C=O) groups is 1. The van der Waals surface area contributed by atoms with Gasteiger partial charge < -0.3 is 4.74 Å². The van der Waals surface area contributed by atoms with E-state index in [1.165, 1.54) is 4.88 Å². The number of carbonyl (C=O) groups excluding carboxylic acids is 1. The molecule has 0 aromatic carbocycles. The Kier molecular flexibility index (Phi) is 1.44. The van der Waals surface area contributed by atoms with Gasteiger partial charge in [0.1, 0.15) is 0 Å². The van der Waals surface area contributed by atoms with Crippen LogP contribution >= 0.6 is 11.3 Å². The zero-order valence-corrected chi connectivity index (χ0v) is 8.02. The summed E-state index contributed by atoms with van der Waals surface area (Å²) in [5.74, 6) is 0.314. The molecule has 2 heterocycles. The summed E-state index contributed by atoms with van der Waals surface area (Å²) in [6.45, 7) is 1.63. The minimum Gasteiger partial charge on any atom is -0.379 e. The minimum atomic E-state index is 0.220. The van der Waals surface area contributed by atoms with Crippen molar-refractivity contribution in [3.63, 3.8) is 0 Å². The molecule has 3 heteroatoms. The maximum atomic E-state index is 11.5. The second-order valence-electron chi connectivity index (χ2n) is 3.86. The van der Waals surface area contributed by atoms with E-state index in [0.717, 1.165) is 25.2 Å². The molecule has 0 N–H and O–H groups in total. The molecule has 0 amide bonds. The first-order valence-electron chi connectivity index (χ1n) is 4.51. The standard InChI is InChI=1S/C10H10O2S/c11-8-1-3-10(5-12-6-10)9-7(8)2-4-13-9/h2,4H,1,3,5-6H2. The average molecular weight is 194 g/mol. The monoisotopic (exact) mass is 194 g/mol. The maximum Gasteiger partial charge on any atom is 0.164 e. The second kappa shape index (κ2) is 2.42. The van der Waals surface area contributed by atoms with E-state index < -0.39 is 0 Å². The van der Waals surface area contributed by atoms with Crippen molar-refractivity contribution in [1.82, 2.24) is 0 Å². The van der Waals surface area contributed by atoms with Gasteiger partial charge in [-0.2, -0.15) is 0 Å². The molecule has 0 bridgehead atoms. The summed E-state index contributed by atoms with van der Waals surface area (Å²) in [7, 11) is 0. The number of hydrogen-bond acceptors (Lipinski definition) is 3. The summed E-state index contributed by atoms with van der Waals surface area (Å²) < 4.78 is 5.27. The zero-order valence-electron chi connectivity index (χ0n) is 7.21. The Bertz CT molecular complexity index is 363. The molecule has 1 fully saturated rings. The van der Waals surface area contributed by atoms with Crippen molar-refractivity contribution in [3.8, 4) is 0 Å². The molecule has 13 heavy (non-hydrogen) atoms. The Morgan fingerprint density at radius 1 is 1.46 bits per heavy atom. The van der Waals surface area contributed by atoms with Crippen molar-refractivity contribution >= 4 is 17.1 Å². The molecule has 68 valence electrons. The SMILES string of the molecule is O=C1CCC2(COC2)c2sccc21. The van der Waals surface area contributed by atoms with E-state index in [0.29, 0.717) is 12.2 Å². The molecule has 0 atom stereocenters. The van der Waals surface area contributed by atoms with E-state index in [9.17, 15) is 4.79 Å². The molecule has 2 aliphatic rings. The first kappa shape index (κ1) is 7.71. The second-order valence-corrected chi connectivity index (χ2v) is 4.78. The Balaban J connectivity index is 2.14. The Labute approximate surface area is 80.5 Å². The van der Waals surface area contributed by atoms with Crippen LogP contribution in [0.3, 0.4) is 0 Å². The molecule has 2 nitrogen and oxygen atoms in total. The van der Waals surface area contributed by atoms with Crippen molar-refractivity contribution < 1.29 is 9.53 Å². The largest absolute Gasteiger partial charge is 0.379 e. The number of fused-ring (bicyclic) bond motifs is 2. The van der Waals surface area contributed by atoms with Crippen LogP contribution in [0, 0.1) is 0 Å². The van der Waals surface area contributed by atoms with Crippen LogP contribution in [0.15, 0.2) is 11.4 Å². The lowest BCUT2D eigenvalue weighted by Gasteiger charge is -2.43. The predicted octanol–water partition coefficient (Wildman–Crippen LogP) is 1.99. The van der Waals surface area contributed by atoms with Crippen molar-refractivity contribution in [2.75, 3.05) is 13.2 Å². The lowest BCUT2D eigenvalue weighted by atomic mass is 9.73. The molecule has 1 aromatic rings. The van der Waals surface area contributed by atoms with Gasteiger partial charge in [0.15, 0.2) is 5.78 Å². The number of thiophene rings is 1. The van der Waals surface area contributed by atoms with Gasteiger partial charge in [-0.05, 0) is 17.9 Å². The highest BCUT2D eigenvalue weighted by atomic mass is 32.1. The molecule has 1 aliphatic heterocycles. The summed E-state index contributed by atoms with van der Waals surface area (Å²) in [4.78, 5) is 12.8. The molecule has 1 aromatic heterocycles. The Hall–Kier alpha value is -0.670. The van der Waals surface area contributed by atoms with Crippen molar-refractivity contribution in [2.24, 2.45) is 0 Å². The van der Waals surface area contributed by atoms with Gasteiger partial charge >= 0.3 is 0 Å². The Morgan fingerprint density at radius 3 is 3.00 bits per heavy atom. The highest BCUT2D eigenvalue weighted by molar-refractivity contribution is 7.10. The van der Waals surface area contributed by atoms with Gasteiger partial charge in [-0.3, -0.25) is 4.79 Å². The molecule has 3 rings (SSSR count). The number of hydrogen-bond donors (Lipinski definition) is 0. The van der Waals surface area contributed by atoms with Gasteiger partial charge in [-0.15, -0.1) is 11.3 Å². The van der Waals surface area contributed by atoms with Gasteiger partial charge in [-0.25, -0.2) is 0 Å². The molecule has 0 radical (unpaired) electrons. The van der Waals surface area contributed by atoms with Gasteiger partial charge in [0.05, 0.1) is 18.6 Å². The maximum absolute atomic E-state index is 11.5. The predicted molar refractivity (Wildman–Crippen MR) is 50.4 cm³/mol. The van der Waals surface area contributed by atoms with Crippen LogP contribution in [0.2, 0.25) is 0 Å². The molecule has 0 saturated carbocycles. The minimum absolute atomic E-state index is 0.220. The topological polar surface area (TPSA) is 26.3 Å². The van der Waals surface area contributed by atoms with Crippen LogP contribution in [-0.4, -0.2) is 19.0 Å². The molecule has 1 spiro atoms. The van der Waals surface area contributed by atoms with E-state index in [1.807, 2.05) is 11.4 Å². The third-order valence-electron chi connectivity index (χ3n) is 3.03. The third kappa shape index (κ3) is 0.888. The van der Waals surface area contributed by atoms with Crippen LogP contribution in [0.1, 0.15) is 28.1 Å². The number of ether oxygens (including phenoxy) is 1. The molecule has 1 saturated heterocycles. The van der Waals surface area contributed by atoms with E-state index in [2.05, 4.69) is 0 Å². The first-order valence-corrected chi connectivity index (χ1v) is 5.39. The quantitative estimate of drug-likeness (QED) is 0.631. The highest BCUT2D eigenvalue weighted by Gasteiger charge is 2.46. The third-order valence-corrected chi connectivity index (χ3v) is 4.20. The molecule has 0 unspecified atom stereocenters.